The van der Waals surface area contributed by atoms with E-state index in [0.717, 1.165) is 41.6 Å². The summed E-state index contributed by atoms with van der Waals surface area (Å²) in [6, 6.07) is 20.4. The van der Waals surface area contributed by atoms with Crippen LogP contribution in [0.3, 0.4) is 0 Å². The van der Waals surface area contributed by atoms with Crippen LogP contribution >= 0.6 is 11.8 Å². The maximum absolute atomic E-state index is 12.8. The van der Waals surface area contributed by atoms with Crippen molar-refractivity contribution in [2.45, 2.75) is 37.4 Å². The summed E-state index contributed by atoms with van der Waals surface area (Å²) >= 11 is 1.46. The molecule has 3 aromatic rings. The summed E-state index contributed by atoms with van der Waals surface area (Å²) in [5.41, 5.74) is 1.99. The Bertz CT molecular complexity index is 926. The molecule has 2 heterocycles. The van der Waals surface area contributed by atoms with Crippen LogP contribution in [-0.4, -0.2) is 43.9 Å². The van der Waals surface area contributed by atoms with Gasteiger partial charge in [0.25, 0.3) is 0 Å². The van der Waals surface area contributed by atoms with Crippen molar-refractivity contribution in [3.05, 3.63) is 60.7 Å². The SMILES string of the molecule is C[C@@H]1CCCCN1C(=O)CSc1nnc(-c2ccccc2)n1-c1ccccc1. The molecule has 1 atom stereocenters. The molecule has 1 saturated heterocycles. The minimum Gasteiger partial charge on any atom is -0.339 e. The molecule has 0 unspecified atom stereocenters. The van der Waals surface area contributed by atoms with E-state index in [1.54, 1.807) is 0 Å². The molecule has 1 fully saturated rings. The lowest BCUT2D eigenvalue weighted by Gasteiger charge is -2.33. The Kier molecular flexibility index (Phi) is 5.76. The quantitative estimate of drug-likeness (QED) is 0.603. The summed E-state index contributed by atoms with van der Waals surface area (Å²) in [4.78, 5) is 14.8. The van der Waals surface area contributed by atoms with Crippen molar-refractivity contribution in [2.75, 3.05) is 12.3 Å². The van der Waals surface area contributed by atoms with E-state index in [0.29, 0.717) is 11.8 Å². The number of piperidine rings is 1. The lowest BCUT2D eigenvalue weighted by Crippen LogP contribution is -2.42. The first-order valence-electron chi connectivity index (χ1n) is 9.72. The number of thioether (sulfide) groups is 1. The molecule has 28 heavy (non-hydrogen) atoms. The third-order valence-electron chi connectivity index (χ3n) is 5.13. The number of nitrogens with zero attached hydrogens (tertiary/aromatic N) is 4. The number of carbonyl (C=O) groups excluding carboxylic acids is 1. The van der Waals surface area contributed by atoms with Crippen LogP contribution in [0, 0.1) is 0 Å². The Balaban J connectivity index is 1.60. The zero-order chi connectivity index (χ0) is 19.3. The molecule has 6 heteroatoms. The van der Waals surface area contributed by atoms with Gasteiger partial charge in [-0.05, 0) is 38.3 Å². The standard InChI is InChI=1S/C22H24N4OS/c1-17-10-8-9-15-25(17)20(27)16-28-22-24-23-21(18-11-4-2-5-12-18)26(22)19-13-6-3-7-14-19/h2-7,11-14,17H,8-10,15-16H2,1H3/t17-/m1/s1. The van der Waals surface area contributed by atoms with Gasteiger partial charge in [0.2, 0.25) is 5.91 Å². The molecule has 0 radical (unpaired) electrons. The predicted molar refractivity (Wildman–Crippen MR) is 113 cm³/mol. The summed E-state index contributed by atoms with van der Waals surface area (Å²) in [6.45, 7) is 3.00. The largest absolute Gasteiger partial charge is 0.339 e. The van der Waals surface area contributed by atoms with Gasteiger partial charge < -0.3 is 4.90 Å². The van der Waals surface area contributed by atoms with Gasteiger partial charge in [0, 0.05) is 23.8 Å². The second kappa shape index (κ2) is 8.61. The molecule has 0 spiro atoms. The van der Waals surface area contributed by atoms with Crippen molar-refractivity contribution in [3.8, 4) is 17.1 Å². The number of likely N-dealkylation sites (tertiary alicyclic amines) is 1. The van der Waals surface area contributed by atoms with E-state index in [1.165, 1.54) is 18.2 Å². The summed E-state index contributed by atoms with van der Waals surface area (Å²) in [7, 11) is 0. The fourth-order valence-electron chi connectivity index (χ4n) is 3.63. The zero-order valence-corrected chi connectivity index (χ0v) is 16.8. The highest BCUT2D eigenvalue weighted by molar-refractivity contribution is 7.99. The van der Waals surface area contributed by atoms with Crippen LogP contribution in [-0.2, 0) is 4.79 Å². The Morgan fingerprint density at radius 2 is 1.75 bits per heavy atom. The van der Waals surface area contributed by atoms with E-state index in [4.69, 9.17) is 0 Å². The highest BCUT2D eigenvalue weighted by Crippen LogP contribution is 2.28. The molecule has 144 valence electrons. The van der Waals surface area contributed by atoms with Crippen molar-refractivity contribution in [2.24, 2.45) is 0 Å². The molecule has 1 aliphatic heterocycles. The molecule has 1 amide bonds. The summed E-state index contributed by atoms with van der Waals surface area (Å²) < 4.78 is 2.03. The van der Waals surface area contributed by atoms with Gasteiger partial charge in [-0.25, -0.2) is 0 Å². The molecular weight excluding hydrogens is 368 g/mol. The smallest absolute Gasteiger partial charge is 0.233 e. The molecule has 0 saturated carbocycles. The lowest BCUT2D eigenvalue weighted by molar-refractivity contribution is -0.131. The number of aromatic nitrogens is 3. The third-order valence-corrected chi connectivity index (χ3v) is 6.04. The van der Waals surface area contributed by atoms with Crippen molar-refractivity contribution in [1.29, 1.82) is 0 Å². The second-order valence-corrected chi connectivity index (χ2v) is 8.01. The molecule has 0 bridgehead atoms. The van der Waals surface area contributed by atoms with E-state index >= 15 is 0 Å². The van der Waals surface area contributed by atoms with Gasteiger partial charge >= 0.3 is 0 Å². The van der Waals surface area contributed by atoms with Gasteiger partial charge in [0.1, 0.15) is 0 Å². The number of carbonyl (C=O) groups is 1. The number of rotatable bonds is 5. The van der Waals surface area contributed by atoms with E-state index < -0.39 is 0 Å². The maximum atomic E-state index is 12.8. The van der Waals surface area contributed by atoms with Crippen LogP contribution in [0.4, 0.5) is 0 Å². The minimum absolute atomic E-state index is 0.182. The topological polar surface area (TPSA) is 51.0 Å². The van der Waals surface area contributed by atoms with Gasteiger partial charge in [0.15, 0.2) is 11.0 Å². The fourth-order valence-corrected chi connectivity index (χ4v) is 4.46. The normalized spacial score (nSPS) is 16.9. The third kappa shape index (κ3) is 3.97. The monoisotopic (exact) mass is 392 g/mol. The highest BCUT2D eigenvalue weighted by Gasteiger charge is 2.24. The Morgan fingerprint density at radius 3 is 2.46 bits per heavy atom. The number of hydrogen-bond donors (Lipinski definition) is 0. The average Bonchev–Trinajstić information content (AvgIpc) is 3.17. The molecule has 2 aromatic carbocycles. The molecule has 0 N–H and O–H groups in total. The summed E-state index contributed by atoms with van der Waals surface area (Å²) in [5.74, 6) is 1.35. The van der Waals surface area contributed by atoms with E-state index in [-0.39, 0.29) is 5.91 Å². The van der Waals surface area contributed by atoms with Crippen molar-refractivity contribution in [3.63, 3.8) is 0 Å². The van der Waals surface area contributed by atoms with Crippen molar-refractivity contribution >= 4 is 17.7 Å². The molecule has 0 aliphatic carbocycles. The molecular formula is C22H24N4OS. The average molecular weight is 393 g/mol. The van der Waals surface area contributed by atoms with Crippen LogP contribution in [0.15, 0.2) is 65.8 Å². The molecule has 1 aromatic heterocycles. The Labute approximate surface area is 169 Å². The Hall–Kier alpha value is -2.60. The van der Waals surface area contributed by atoms with Crippen LogP contribution < -0.4 is 0 Å². The van der Waals surface area contributed by atoms with Crippen LogP contribution in [0.25, 0.3) is 17.1 Å². The predicted octanol–water partition coefficient (Wildman–Crippen LogP) is 4.43. The molecule has 1 aliphatic rings. The lowest BCUT2D eigenvalue weighted by atomic mass is 10.0. The minimum atomic E-state index is 0.182. The van der Waals surface area contributed by atoms with E-state index in [9.17, 15) is 4.79 Å². The van der Waals surface area contributed by atoms with Crippen LogP contribution in [0.2, 0.25) is 0 Å². The first-order valence-corrected chi connectivity index (χ1v) is 10.7. The number of amides is 1. The summed E-state index contributed by atoms with van der Waals surface area (Å²) in [6.07, 6.45) is 3.40. The van der Waals surface area contributed by atoms with Gasteiger partial charge in [0.05, 0.1) is 5.75 Å². The van der Waals surface area contributed by atoms with Gasteiger partial charge in [-0.15, -0.1) is 10.2 Å². The summed E-state index contributed by atoms with van der Waals surface area (Å²) in [5, 5.41) is 9.58. The van der Waals surface area contributed by atoms with Crippen molar-refractivity contribution < 1.29 is 4.79 Å². The van der Waals surface area contributed by atoms with E-state index in [2.05, 4.69) is 17.1 Å². The second-order valence-electron chi connectivity index (χ2n) is 7.06. The number of para-hydroxylation sites is 1. The van der Waals surface area contributed by atoms with Crippen molar-refractivity contribution in [1.82, 2.24) is 19.7 Å². The molecule has 4 rings (SSSR count). The van der Waals surface area contributed by atoms with Crippen LogP contribution in [0.1, 0.15) is 26.2 Å². The van der Waals surface area contributed by atoms with E-state index in [1.807, 2.05) is 70.1 Å². The number of hydrogen-bond acceptors (Lipinski definition) is 4. The van der Waals surface area contributed by atoms with Gasteiger partial charge in [-0.1, -0.05) is 60.3 Å². The first-order chi connectivity index (χ1) is 13.7. The maximum Gasteiger partial charge on any atom is 0.233 e. The molecule has 5 nitrogen and oxygen atoms in total. The fraction of sp³-hybridized carbons (Fsp3) is 0.318. The van der Waals surface area contributed by atoms with Crippen LogP contribution in [0.5, 0.6) is 0 Å². The van der Waals surface area contributed by atoms with Gasteiger partial charge in [-0.2, -0.15) is 0 Å². The van der Waals surface area contributed by atoms with Gasteiger partial charge in [-0.3, -0.25) is 9.36 Å². The number of benzene rings is 2. The highest BCUT2D eigenvalue weighted by atomic mass is 32.2. The zero-order valence-electron chi connectivity index (χ0n) is 16.0. The first kappa shape index (κ1) is 18.7. The Morgan fingerprint density at radius 1 is 1.04 bits per heavy atom.